The molecule has 2 N–H and O–H groups in total. The van der Waals surface area contributed by atoms with Gasteiger partial charge in [-0.15, -0.1) is 10.2 Å². The number of carbonyl (C=O) groups is 2. The van der Waals surface area contributed by atoms with Crippen LogP contribution in [-0.4, -0.2) is 28.6 Å². The first-order valence-corrected chi connectivity index (χ1v) is 8.63. The molecule has 2 amide bonds. The van der Waals surface area contributed by atoms with E-state index in [1.807, 2.05) is 0 Å². The summed E-state index contributed by atoms with van der Waals surface area (Å²) in [6.45, 7) is 4.17. The van der Waals surface area contributed by atoms with Crippen molar-refractivity contribution in [2.24, 2.45) is 0 Å². The Kier molecular flexibility index (Phi) is 4.75. The summed E-state index contributed by atoms with van der Waals surface area (Å²) in [7, 11) is 0. The van der Waals surface area contributed by atoms with Gasteiger partial charge in [-0.25, -0.2) is 0 Å². The van der Waals surface area contributed by atoms with Gasteiger partial charge in [0.05, 0.1) is 5.69 Å². The Bertz CT molecular complexity index is 770. The fraction of sp³-hybridized carbons (Fsp3) is 0.375. The standard InChI is InChI=1S/C16H18N4O3S/c1-3-9(4-2)15-19-20-16(24-15)18-14(22)10-5-6-11-12(7-10)23-8-13(21)17-11/h5-7,9H,3-4,8H2,1-2H3,(H,17,21)(H,18,20,22). The van der Waals surface area contributed by atoms with E-state index in [1.54, 1.807) is 18.2 Å². The largest absolute Gasteiger partial charge is 0.482 e. The summed E-state index contributed by atoms with van der Waals surface area (Å²) >= 11 is 1.40. The molecule has 3 rings (SSSR count). The lowest BCUT2D eigenvalue weighted by Crippen LogP contribution is -2.25. The zero-order valence-electron chi connectivity index (χ0n) is 13.5. The summed E-state index contributed by atoms with van der Waals surface area (Å²) < 4.78 is 5.32. The molecule has 0 saturated carbocycles. The molecule has 1 aromatic heterocycles. The van der Waals surface area contributed by atoms with Crippen LogP contribution in [0.2, 0.25) is 0 Å². The van der Waals surface area contributed by atoms with Crippen molar-refractivity contribution in [2.75, 3.05) is 17.2 Å². The van der Waals surface area contributed by atoms with E-state index in [0.717, 1.165) is 17.8 Å². The highest BCUT2D eigenvalue weighted by Crippen LogP contribution is 2.30. The van der Waals surface area contributed by atoms with Crippen molar-refractivity contribution in [3.8, 4) is 5.75 Å². The molecular weight excluding hydrogens is 328 g/mol. The lowest BCUT2D eigenvalue weighted by atomic mass is 10.1. The van der Waals surface area contributed by atoms with Crippen LogP contribution in [-0.2, 0) is 4.79 Å². The van der Waals surface area contributed by atoms with E-state index in [4.69, 9.17) is 4.74 Å². The quantitative estimate of drug-likeness (QED) is 0.868. The van der Waals surface area contributed by atoms with Gasteiger partial charge in [0, 0.05) is 11.5 Å². The third kappa shape index (κ3) is 3.38. The van der Waals surface area contributed by atoms with Gasteiger partial charge in [0.15, 0.2) is 6.61 Å². The Morgan fingerprint density at radius 3 is 2.92 bits per heavy atom. The predicted molar refractivity (Wildman–Crippen MR) is 91.8 cm³/mol. The number of aromatic nitrogens is 2. The van der Waals surface area contributed by atoms with Crippen molar-refractivity contribution in [1.82, 2.24) is 10.2 Å². The van der Waals surface area contributed by atoms with Gasteiger partial charge >= 0.3 is 0 Å². The number of amides is 2. The van der Waals surface area contributed by atoms with Crippen LogP contribution >= 0.6 is 11.3 Å². The number of benzene rings is 1. The first kappa shape index (κ1) is 16.4. The third-order valence-corrected chi connectivity index (χ3v) is 4.87. The normalized spacial score (nSPS) is 13.2. The average molecular weight is 346 g/mol. The molecule has 0 atom stereocenters. The lowest BCUT2D eigenvalue weighted by molar-refractivity contribution is -0.118. The van der Waals surface area contributed by atoms with E-state index in [0.29, 0.717) is 28.0 Å². The molecule has 1 aliphatic heterocycles. The molecule has 126 valence electrons. The second kappa shape index (κ2) is 6.96. The summed E-state index contributed by atoms with van der Waals surface area (Å²) in [6.07, 6.45) is 1.99. The highest BCUT2D eigenvalue weighted by atomic mass is 32.1. The Morgan fingerprint density at radius 2 is 2.17 bits per heavy atom. The van der Waals surface area contributed by atoms with Crippen molar-refractivity contribution in [3.63, 3.8) is 0 Å². The fourth-order valence-corrected chi connectivity index (χ4v) is 3.48. The number of hydrogen-bond donors (Lipinski definition) is 2. The predicted octanol–water partition coefficient (Wildman–Crippen LogP) is 3.02. The van der Waals surface area contributed by atoms with E-state index < -0.39 is 0 Å². The number of nitrogens with zero attached hydrogens (tertiary/aromatic N) is 2. The van der Waals surface area contributed by atoms with Gasteiger partial charge in [-0.1, -0.05) is 25.2 Å². The maximum absolute atomic E-state index is 12.4. The maximum atomic E-state index is 12.4. The van der Waals surface area contributed by atoms with E-state index in [1.165, 1.54) is 11.3 Å². The Balaban J connectivity index is 1.72. The molecular formula is C16H18N4O3S. The molecule has 0 bridgehead atoms. The summed E-state index contributed by atoms with van der Waals surface area (Å²) in [5.74, 6) is 0.360. The zero-order valence-corrected chi connectivity index (χ0v) is 14.3. The van der Waals surface area contributed by atoms with Gasteiger partial charge in [-0.3, -0.25) is 14.9 Å². The van der Waals surface area contributed by atoms with Crippen molar-refractivity contribution < 1.29 is 14.3 Å². The van der Waals surface area contributed by atoms with Crippen molar-refractivity contribution in [3.05, 3.63) is 28.8 Å². The van der Waals surface area contributed by atoms with Crippen LogP contribution in [0.1, 0.15) is 48.0 Å². The number of nitrogens with one attached hydrogen (secondary N) is 2. The Hall–Kier alpha value is -2.48. The molecule has 24 heavy (non-hydrogen) atoms. The fourth-order valence-electron chi connectivity index (χ4n) is 2.47. The number of ether oxygens (including phenoxy) is 1. The van der Waals surface area contributed by atoms with Crippen LogP contribution < -0.4 is 15.4 Å². The highest BCUT2D eigenvalue weighted by molar-refractivity contribution is 7.15. The molecule has 2 aromatic rings. The van der Waals surface area contributed by atoms with Crippen LogP contribution in [0.25, 0.3) is 0 Å². The lowest BCUT2D eigenvalue weighted by Gasteiger charge is -2.18. The molecule has 0 saturated heterocycles. The van der Waals surface area contributed by atoms with Crippen LogP contribution in [0, 0.1) is 0 Å². The Labute approximate surface area is 143 Å². The molecule has 1 aromatic carbocycles. The number of carbonyl (C=O) groups excluding carboxylic acids is 2. The van der Waals surface area contributed by atoms with Crippen LogP contribution in [0.4, 0.5) is 10.8 Å². The number of hydrogen-bond acceptors (Lipinski definition) is 6. The third-order valence-electron chi connectivity index (χ3n) is 3.87. The van der Waals surface area contributed by atoms with E-state index in [-0.39, 0.29) is 18.4 Å². The van der Waals surface area contributed by atoms with Crippen molar-refractivity contribution >= 4 is 34.0 Å². The summed E-state index contributed by atoms with van der Waals surface area (Å²) in [5.41, 5.74) is 0.999. The monoisotopic (exact) mass is 346 g/mol. The van der Waals surface area contributed by atoms with E-state index in [9.17, 15) is 9.59 Å². The number of fused-ring (bicyclic) bond motifs is 1. The number of anilines is 2. The second-order valence-corrected chi connectivity index (χ2v) is 6.47. The topological polar surface area (TPSA) is 93.2 Å². The van der Waals surface area contributed by atoms with Gasteiger partial charge in [-0.2, -0.15) is 0 Å². The molecule has 8 heteroatoms. The van der Waals surface area contributed by atoms with Gasteiger partial charge in [0.1, 0.15) is 10.8 Å². The zero-order chi connectivity index (χ0) is 17.1. The van der Waals surface area contributed by atoms with Gasteiger partial charge in [0.25, 0.3) is 11.8 Å². The summed E-state index contributed by atoms with van der Waals surface area (Å²) in [5, 5.41) is 15.1. The molecule has 0 fully saturated rings. The molecule has 0 unspecified atom stereocenters. The number of rotatable bonds is 5. The van der Waals surface area contributed by atoms with Crippen LogP contribution in [0.3, 0.4) is 0 Å². The summed E-state index contributed by atoms with van der Waals surface area (Å²) in [6, 6.07) is 4.88. The minimum absolute atomic E-state index is 0.0484. The molecule has 0 aliphatic carbocycles. The second-order valence-electron chi connectivity index (χ2n) is 5.46. The van der Waals surface area contributed by atoms with E-state index in [2.05, 4.69) is 34.7 Å². The first-order valence-electron chi connectivity index (χ1n) is 7.82. The Morgan fingerprint density at radius 1 is 1.38 bits per heavy atom. The van der Waals surface area contributed by atoms with E-state index >= 15 is 0 Å². The SMILES string of the molecule is CCC(CC)c1nnc(NC(=O)c2ccc3c(c2)OCC(=O)N3)s1. The van der Waals surface area contributed by atoms with Gasteiger partial charge in [-0.05, 0) is 31.0 Å². The molecule has 7 nitrogen and oxygen atoms in total. The molecule has 0 spiro atoms. The van der Waals surface area contributed by atoms with Crippen LogP contribution in [0.15, 0.2) is 18.2 Å². The minimum Gasteiger partial charge on any atom is -0.482 e. The van der Waals surface area contributed by atoms with Crippen molar-refractivity contribution in [1.29, 1.82) is 0 Å². The molecule has 0 radical (unpaired) electrons. The van der Waals surface area contributed by atoms with Gasteiger partial charge < -0.3 is 10.1 Å². The molecule has 2 heterocycles. The first-order chi connectivity index (χ1) is 11.6. The minimum atomic E-state index is -0.287. The summed E-state index contributed by atoms with van der Waals surface area (Å²) in [4.78, 5) is 23.6. The van der Waals surface area contributed by atoms with Crippen molar-refractivity contribution in [2.45, 2.75) is 32.6 Å². The smallest absolute Gasteiger partial charge is 0.262 e. The average Bonchev–Trinajstić information content (AvgIpc) is 3.03. The van der Waals surface area contributed by atoms with Crippen LogP contribution in [0.5, 0.6) is 5.75 Å². The maximum Gasteiger partial charge on any atom is 0.262 e. The highest BCUT2D eigenvalue weighted by Gasteiger charge is 2.19. The molecule has 1 aliphatic rings. The van der Waals surface area contributed by atoms with Gasteiger partial charge in [0.2, 0.25) is 5.13 Å².